The fourth-order valence-electron chi connectivity index (χ4n) is 10.3. The highest BCUT2D eigenvalue weighted by atomic mass is 16.5. The summed E-state index contributed by atoms with van der Waals surface area (Å²) >= 11 is 0. The minimum absolute atomic E-state index is 0.0230. The molecule has 2 N–H and O–H groups in total. The van der Waals surface area contributed by atoms with Crippen molar-refractivity contribution in [2.24, 2.45) is 52.3 Å². The number of aliphatic hydroxyl groups is 1. The highest BCUT2D eigenvalue weighted by molar-refractivity contribution is 5.69. The average molecular weight is 432 g/mol. The summed E-state index contributed by atoms with van der Waals surface area (Å²) in [5.41, 5.74) is 1.05. The summed E-state index contributed by atoms with van der Waals surface area (Å²) in [5.74, 6) is 6.06. The molecule has 0 aliphatic heterocycles. The van der Waals surface area contributed by atoms with Crippen molar-refractivity contribution in [3.8, 4) is 0 Å². The Hall–Kier alpha value is -0.610. The summed E-state index contributed by atoms with van der Waals surface area (Å²) in [4.78, 5) is 11.8. The van der Waals surface area contributed by atoms with E-state index in [-0.39, 0.29) is 12.6 Å². The lowest BCUT2D eigenvalue weighted by molar-refractivity contribution is -0.141. The second-order valence-electron chi connectivity index (χ2n) is 12.4. The molecule has 4 heteroatoms. The van der Waals surface area contributed by atoms with E-state index in [0.29, 0.717) is 23.3 Å². The van der Waals surface area contributed by atoms with Gasteiger partial charge in [-0.2, -0.15) is 0 Å². The van der Waals surface area contributed by atoms with Gasteiger partial charge in [-0.15, -0.1) is 0 Å². The van der Waals surface area contributed by atoms with Crippen LogP contribution in [-0.2, 0) is 9.53 Å². The summed E-state index contributed by atoms with van der Waals surface area (Å²) in [7, 11) is 1.53. The minimum Gasteiger partial charge on any atom is -0.469 e. The molecule has 0 spiro atoms. The maximum atomic E-state index is 11.8. The van der Waals surface area contributed by atoms with Crippen molar-refractivity contribution >= 4 is 5.97 Å². The van der Waals surface area contributed by atoms with Gasteiger partial charge in [0, 0.05) is 19.0 Å². The predicted molar refractivity (Wildman–Crippen MR) is 122 cm³/mol. The highest BCUT2D eigenvalue weighted by Crippen LogP contribution is 2.73. The molecule has 0 saturated heterocycles. The van der Waals surface area contributed by atoms with Gasteiger partial charge in [-0.3, -0.25) is 4.79 Å². The molecule has 0 aromatic carbocycles. The maximum Gasteiger partial charge on any atom is 0.305 e. The Morgan fingerprint density at radius 2 is 1.81 bits per heavy atom. The smallest absolute Gasteiger partial charge is 0.305 e. The van der Waals surface area contributed by atoms with Crippen molar-refractivity contribution in [1.82, 2.24) is 5.32 Å². The number of nitrogens with one attached hydrogen (secondary N) is 1. The van der Waals surface area contributed by atoms with E-state index in [2.05, 4.69) is 19.2 Å². The highest BCUT2D eigenvalue weighted by Gasteiger charge is 2.66. The monoisotopic (exact) mass is 431 g/mol. The van der Waals surface area contributed by atoms with Gasteiger partial charge < -0.3 is 15.2 Å². The first kappa shape index (κ1) is 22.2. The quantitative estimate of drug-likeness (QED) is 0.594. The Bertz CT molecular complexity index is 681. The van der Waals surface area contributed by atoms with E-state index in [1.54, 1.807) is 0 Å². The van der Waals surface area contributed by atoms with Crippen molar-refractivity contribution < 1.29 is 14.6 Å². The molecule has 0 aromatic heterocycles. The molecular weight excluding hydrogens is 386 g/mol. The summed E-state index contributed by atoms with van der Waals surface area (Å²) in [6, 6.07) is 0.612. The van der Waals surface area contributed by atoms with Crippen LogP contribution < -0.4 is 5.32 Å². The molecule has 31 heavy (non-hydrogen) atoms. The number of ether oxygens (including phenoxy) is 1. The third kappa shape index (κ3) is 3.41. The standard InChI is InChI=1S/C27H45NO3/c1-26-11-10-20(28-12-13-29)15-18(26)5-6-21-23-8-7-22-17(4-9-25(30)31-3)14-19(16-24(21)26)27(22,23)2/h17-24,28-29H,4-16H2,1-3H3/t17-,18+,19-,20-,21?,22?,23?,24?,26-,27+/m0/s1. The number of hydrogen-bond acceptors (Lipinski definition) is 4. The number of carbonyl (C=O) groups is 1. The zero-order chi connectivity index (χ0) is 21.8. The van der Waals surface area contributed by atoms with Gasteiger partial charge >= 0.3 is 5.97 Å². The van der Waals surface area contributed by atoms with E-state index in [0.717, 1.165) is 54.4 Å². The Morgan fingerprint density at radius 3 is 2.58 bits per heavy atom. The van der Waals surface area contributed by atoms with Gasteiger partial charge in [0.1, 0.15) is 0 Å². The summed E-state index contributed by atoms with van der Waals surface area (Å²) in [6.07, 6.45) is 14.1. The van der Waals surface area contributed by atoms with E-state index in [1.165, 1.54) is 64.9 Å². The van der Waals surface area contributed by atoms with Crippen LogP contribution in [0.5, 0.6) is 0 Å². The molecule has 0 radical (unpaired) electrons. The van der Waals surface area contributed by atoms with E-state index in [4.69, 9.17) is 4.74 Å². The number of carbonyl (C=O) groups excluding carboxylic acids is 1. The number of fused-ring (bicyclic) bond motifs is 4. The van der Waals surface area contributed by atoms with Crippen LogP contribution in [0, 0.1) is 52.3 Å². The molecule has 0 bridgehead atoms. The number of aliphatic hydroxyl groups excluding tert-OH is 1. The molecule has 5 fully saturated rings. The molecule has 0 aromatic rings. The maximum absolute atomic E-state index is 11.8. The average Bonchev–Trinajstić information content (AvgIpc) is 3.26. The second-order valence-corrected chi connectivity index (χ2v) is 12.4. The first-order chi connectivity index (χ1) is 14.9. The van der Waals surface area contributed by atoms with Crippen LogP contribution in [0.4, 0.5) is 0 Å². The van der Waals surface area contributed by atoms with Crippen LogP contribution in [0.2, 0.25) is 0 Å². The molecule has 0 heterocycles. The molecule has 5 saturated carbocycles. The first-order valence-electron chi connectivity index (χ1n) is 13.3. The van der Waals surface area contributed by atoms with Crippen LogP contribution in [0.3, 0.4) is 0 Å². The number of methoxy groups -OCH3 is 1. The molecule has 5 aliphatic rings. The molecular formula is C27H45NO3. The van der Waals surface area contributed by atoms with Crippen LogP contribution in [0.25, 0.3) is 0 Å². The number of rotatable bonds is 6. The van der Waals surface area contributed by atoms with E-state index >= 15 is 0 Å². The van der Waals surface area contributed by atoms with Crippen LogP contribution in [0.15, 0.2) is 0 Å². The lowest BCUT2D eigenvalue weighted by atomic mass is 9.43. The third-order valence-electron chi connectivity index (χ3n) is 11.7. The summed E-state index contributed by atoms with van der Waals surface area (Å²) in [6.45, 7) is 6.33. The molecule has 4 nitrogen and oxygen atoms in total. The van der Waals surface area contributed by atoms with Gasteiger partial charge in [0.15, 0.2) is 0 Å². The van der Waals surface area contributed by atoms with Gasteiger partial charge in [0.25, 0.3) is 0 Å². The third-order valence-corrected chi connectivity index (χ3v) is 11.7. The van der Waals surface area contributed by atoms with Gasteiger partial charge in [-0.1, -0.05) is 13.8 Å². The van der Waals surface area contributed by atoms with E-state index in [9.17, 15) is 9.90 Å². The predicted octanol–water partition coefficient (Wildman–Crippen LogP) is 4.80. The Balaban J connectivity index is 1.33. The molecule has 5 aliphatic carbocycles. The van der Waals surface area contributed by atoms with Crippen molar-refractivity contribution in [3.05, 3.63) is 0 Å². The van der Waals surface area contributed by atoms with Crippen LogP contribution in [-0.4, -0.2) is 37.4 Å². The summed E-state index contributed by atoms with van der Waals surface area (Å²) < 4.78 is 4.96. The van der Waals surface area contributed by atoms with Gasteiger partial charge in [-0.05, 0) is 116 Å². The Kier molecular flexibility index (Phi) is 5.95. The number of hydrogen-bond donors (Lipinski definition) is 2. The van der Waals surface area contributed by atoms with E-state index in [1.807, 2.05) is 0 Å². The number of esters is 1. The van der Waals surface area contributed by atoms with Crippen molar-refractivity contribution in [3.63, 3.8) is 0 Å². The normalized spacial score (nSPS) is 50.5. The largest absolute Gasteiger partial charge is 0.469 e. The first-order valence-corrected chi connectivity index (χ1v) is 13.3. The molecule has 0 amide bonds. The topological polar surface area (TPSA) is 58.6 Å². The van der Waals surface area contributed by atoms with Crippen LogP contribution in [0.1, 0.15) is 84.5 Å². The summed E-state index contributed by atoms with van der Waals surface area (Å²) in [5, 5.41) is 12.8. The molecule has 10 atom stereocenters. The van der Waals surface area contributed by atoms with Crippen molar-refractivity contribution in [2.45, 2.75) is 90.5 Å². The van der Waals surface area contributed by atoms with Gasteiger partial charge in [-0.25, -0.2) is 0 Å². The lowest BCUT2D eigenvalue weighted by Crippen LogP contribution is -2.56. The minimum atomic E-state index is -0.0230. The molecule has 176 valence electrons. The second kappa shape index (κ2) is 8.31. The fraction of sp³-hybridized carbons (Fsp3) is 0.963. The van der Waals surface area contributed by atoms with Gasteiger partial charge in [0.05, 0.1) is 13.7 Å². The Morgan fingerprint density at radius 1 is 1.00 bits per heavy atom. The van der Waals surface area contributed by atoms with Crippen molar-refractivity contribution in [1.29, 1.82) is 0 Å². The van der Waals surface area contributed by atoms with Gasteiger partial charge in [0.2, 0.25) is 0 Å². The zero-order valence-corrected chi connectivity index (χ0v) is 20.1. The SMILES string of the molecule is COC(=O)CC[C@H]1C[C@H]2CC3C(CC[C@@H]4C[C@@H](NCCO)CC[C@]34C)C3CCC1[C@]32C. The molecule has 5 rings (SSSR count). The fourth-order valence-corrected chi connectivity index (χ4v) is 10.3. The lowest BCUT2D eigenvalue weighted by Gasteiger charge is -2.62. The van der Waals surface area contributed by atoms with Crippen LogP contribution >= 0.6 is 0 Å². The zero-order valence-electron chi connectivity index (χ0n) is 20.1. The van der Waals surface area contributed by atoms with E-state index < -0.39 is 0 Å². The van der Waals surface area contributed by atoms with Crippen molar-refractivity contribution in [2.75, 3.05) is 20.3 Å². The Labute approximate surface area is 189 Å². The molecule has 4 unspecified atom stereocenters.